The number of halogens is 2. The third-order valence-electron chi connectivity index (χ3n) is 3.29. The van der Waals surface area contributed by atoms with Crippen LogP contribution in [0.2, 0.25) is 0 Å². The molecule has 2 heterocycles. The van der Waals surface area contributed by atoms with Crippen LogP contribution in [0, 0.1) is 0 Å². The Hall–Kier alpha value is 0.280. The molecule has 0 aliphatic carbocycles. The molecule has 0 aliphatic rings. The van der Waals surface area contributed by atoms with E-state index >= 15 is 0 Å². The van der Waals surface area contributed by atoms with E-state index in [4.69, 9.17) is 5.73 Å². The van der Waals surface area contributed by atoms with E-state index in [1.54, 1.807) is 22.7 Å². The molecular formula is C14H18Br2N2S2. The van der Waals surface area contributed by atoms with Gasteiger partial charge in [-0.3, -0.25) is 4.90 Å². The van der Waals surface area contributed by atoms with Gasteiger partial charge in [0.1, 0.15) is 0 Å². The van der Waals surface area contributed by atoms with Crippen LogP contribution in [-0.2, 0) is 6.54 Å². The van der Waals surface area contributed by atoms with Crippen molar-refractivity contribution >= 4 is 54.5 Å². The van der Waals surface area contributed by atoms with Gasteiger partial charge < -0.3 is 5.73 Å². The highest BCUT2D eigenvalue weighted by Gasteiger charge is 2.24. The second-order valence-corrected chi connectivity index (χ2v) is 9.62. The van der Waals surface area contributed by atoms with Gasteiger partial charge in [-0.1, -0.05) is 6.92 Å². The van der Waals surface area contributed by atoms with E-state index in [-0.39, 0.29) is 12.1 Å². The largest absolute Gasteiger partial charge is 0.326 e. The summed E-state index contributed by atoms with van der Waals surface area (Å²) < 4.78 is 2.34. The Morgan fingerprint density at radius 2 is 2.05 bits per heavy atom. The molecule has 0 spiro atoms. The maximum absolute atomic E-state index is 6.36. The first-order valence-electron chi connectivity index (χ1n) is 6.45. The van der Waals surface area contributed by atoms with Crippen LogP contribution < -0.4 is 5.73 Å². The lowest BCUT2D eigenvalue weighted by atomic mass is 10.0. The second kappa shape index (κ2) is 7.51. The van der Waals surface area contributed by atoms with Gasteiger partial charge in [0.25, 0.3) is 0 Å². The zero-order valence-electron chi connectivity index (χ0n) is 11.5. The van der Waals surface area contributed by atoms with Crippen molar-refractivity contribution in [1.82, 2.24) is 4.90 Å². The molecule has 6 heteroatoms. The Labute approximate surface area is 145 Å². The van der Waals surface area contributed by atoms with Crippen molar-refractivity contribution in [3.8, 4) is 0 Å². The van der Waals surface area contributed by atoms with Crippen LogP contribution in [0.1, 0.15) is 29.8 Å². The number of nitrogens with zero attached hydrogens (tertiary/aromatic N) is 1. The predicted octanol–water partition coefficient (Wildman–Crippen LogP) is 5.25. The standard InChI is InChI=1S/C14H18Br2N2S2/c1-3-10(17)14(11-4-5-12(15)20-11)18(2)7-9-6-13(16)19-8-9/h4-6,8,10,14H,3,7,17H2,1-2H3. The highest BCUT2D eigenvalue weighted by Crippen LogP contribution is 2.34. The number of likely N-dealkylation sites (N-methyl/N-ethyl adjacent to an activating group) is 1. The minimum absolute atomic E-state index is 0.146. The second-order valence-electron chi connectivity index (χ2n) is 4.83. The minimum Gasteiger partial charge on any atom is -0.326 e. The van der Waals surface area contributed by atoms with Crippen LogP contribution in [0.3, 0.4) is 0 Å². The van der Waals surface area contributed by atoms with E-state index in [0.717, 1.165) is 16.8 Å². The summed E-state index contributed by atoms with van der Waals surface area (Å²) >= 11 is 10.6. The Balaban J connectivity index is 2.17. The topological polar surface area (TPSA) is 29.3 Å². The zero-order chi connectivity index (χ0) is 14.7. The number of hydrogen-bond donors (Lipinski definition) is 1. The average Bonchev–Trinajstić information content (AvgIpc) is 2.99. The van der Waals surface area contributed by atoms with Crippen molar-refractivity contribution < 1.29 is 0 Å². The summed E-state index contributed by atoms with van der Waals surface area (Å²) in [5, 5.41) is 2.19. The Kier molecular flexibility index (Phi) is 6.25. The molecule has 0 saturated carbocycles. The molecule has 2 atom stereocenters. The SMILES string of the molecule is CCC(N)C(c1ccc(Br)s1)N(C)Cc1csc(Br)c1. The molecule has 0 aliphatic heterocycles. The first-order chi connectivity index (χ1) is 9.51. The Bertz CT molecular complexity index is 553. The van der Waals surface area contributed by atoms with E-state index in [2.05, 4.69) is 74.3 Å². The molecule has 0 amide bonds. The molecule has 2 nitrogen and oxygen atoms in total. The van der Waals surface area contributed by atoms with Crippen LogP contribution in [-0.4, -0.2) is 18.0 Å². The van der Waals surface area contributed by atoms with Gasteiger partial charge in [-0.05, 0) is 74.5 Å². The fourth-order valence-electron chi connectivity index (χ4n) is 2.28. The predicted molar refractivity (Wildman–Crippen MR) is 96.5 cm³/mol. The van der Waals surface area contributed by atoms with Gasteiger partial charge in [0.15, 0.2) is 0 Å². The van der Waals surface area contributed by atoms with E-state index < -0.39 is 0 Å². The Morgan fingerprint density at radius 3 is 2.55 bits per heavy atom. The molecule has 0 radical (unpaired) electrons. The number of thiophene rings is 2. The van der Waals surface area contributed by atoms with Crippen molar-refractivity contribution in [2.45, 2.75) is 32.0 Å². The summed E-state index contributed by atoms with van der Waals surface area (Å²) in [5.74, 6) is 0. The summed E-state index contributed by atoms with van der Waals surface area (Å²) in [5.41, 5.74) is 7.69. The summed E-state index contributed by atoms with van der Waals surface area (Å²) in [7, 11) is 2.15. The van der Waals surface area contributed by atoms with Crippen LogP contribution in [0.4, 0.5) is 0 Å². The fourth-order valence-corrected chi connectivity index (χ4v) is 5.15. The molecule has 0 aromatic carbocycles. The third kappa shape index (κ3) is 4.15. The third-order valence-corrected chi connectivity index (χ3v) is 6.54. The van der Waals surface area contributed by atoms with Crippen LogP contribution >= 0.6 is 54.5 Å². The van der Waals surface area contributed by atoms with E-state index in [9.17, 15) is 0 Å². The van der Waals surface area contributed by atoms with Crippen LogP contribution in [0.15, 0.2) is 31.2 Å². The maximum Gasteiger partial charge on any atom is 0.0702 e. The smallest absolute Gasteiger partial charge is 0.0702 e. The van der Waals surface area contributed by atoms with Gasteiger partial charge in [0, 0.05) is 17.5 Å². The van der Waals surface area contributed by atoms with Gasteiger partial charge >= 0.3 is 0 Å². The van der Waals surface area contributed by atoms with Crippen molar-refractivity contribution in [2.75, 3.05) is 7.05 Å². The fraction of sp³-hybridized carbons (Fsp3) is 0.429. The normalized spacial score (nSPS) is 14.7. The van der Waals surface area contributed by atoms with Gasteiger partial charge in [-0.15, -0.1) is 22.7 Å². The maximum atomic E-state index is 6.36. The first-order valence-corrected chi connectivity index (χ1v) is 9.73. The van der Waals surface area contributed by atoms with Crippen LogP contribution in [0.25, 0.3) is 0 Å². The lowest BCUT2D eigenvalue weighted by Gasteiger charge is -2.31. The van der Waals surface area contributed by atoms with Gasteiger partial charge in [-0.25, -0.2) is 0 Å². The number of hydrogen-bond acceptors (Lipinski definition) is 4. The minimum atomic E-state index is 0.146. The highest BCUT2D eigenvalue weighted by molar-refractivity contribution is 9.11. The van der Waals surface area contributed by atoms with Crippen LogP contribution in [0.5, 0.6) is 0 Å². The summed E-state index contributed by atoms with van der Waals surface area (Å²) in [6, 6.07) is 6.86. The van der Waals surface area contributed by atoms with Gasteiger partial charge in [-0.2, -0.15) is 0 Å². The quantitative estimate of drug-likeness (QED) is 0.668. The lowest BCUT2D eigenvalue weighted by Crippen LogP contribution is -2.38. The summed E-state index contributed by atoms with van der Waals surface area (Å²) in [6.07, 6.45) is 0.970. The molecule has 2 rings (SSSR count). The monoisotopic (exact) mass is 436 g/mol. The van der Waals surface area contributed by atoms with E-state index in [1.165, 1.54) is 14.2 Å². The summed E-state index contributed by atoms with van der Waals surface area (Å²) in [6.45, 7) is 3.06. The van der Waals surface area contributed by atoms with E-state index in [1.807, 2.05) is 0 Å². The number of rotatable bonds is 6. The van der Waals surface area contributed by atoms with Crippen molar-refractivity contribution in [1.29, 1.82) is 0 Å². The van der Waals surface area contributed by atoms with Crippen molar-refractivity contribution in [3.05, 3.63) is 41.6 Å². The Morgan fingerprint density at radius 1 is 1.30 bits per heavy atom. The molecule has 0 fully saturated rings. The number of nitrogens with two attached hydrogens (primary N) is 1. The highest BCUT2D eigenvalue weighted by atomic mass is 79.9. The molecule has 2 aromatic rings. The van der Waals surface area contributed by atoms with Crippen molar-refractivity contribution in [2.24, 2.45) is 5.73 Å². The van der Waals surface area contributed by atoms with Crippen molar-refractivity contribution in [3.63, 3.8) is 0 Å². The molecule has 110 valence electrons. The molecule has 2 N–H and O–H groups in total. The first kappa shape index (κ1) is 16.6. The zero-order valence-corrected chi connectivity index (χ0v) is 16.3. The molecule has 2 aromatic heterocycles. The molecule has 0 bridgehead atoms. The van der Waals surface area contributed by atoms with Gasteiger partial charge in [0.2, 0.25) is 0 Å². The molecule has 2 unspecified atom stereocenters. The molecule has 0 saturated heterocycles. The molecular weight excluding hydrogens is 420 g/mol. The van der Waals surface area contributed by atoms with Gasteiger partial charge in [0.05, 0.1) is 13.6 Å². The summed E-state index contributed by atoms with van der Waals surface area (Å²) in [4.78, 5) is 3.67. The molecule has 20 heavy (non-hydrogen) atoms. The lowest BCUT2D eigenvalue weighted by molar-refractivity contribution is 0.205. The average molecular weight is 438 g/mol. The van der Waals surface area contributed by atoms with E-state index in [0.29, 0.717) is 0 Å².